The zero-order valence-electron chi connectivity index (χ0n) is 0.500. The molecular weight excluding hydrogens is 381 g/mol. The molecule has 0 unspecified atom stereocenters. The molecule has 1 nitrogen and oxygen atoms in total. The van der Waals surface area contributed by atoms with Gasteiger partial charge in [-0.2, -0.15) is 0 Å². The van der Waals surface area contributed by atoms with Crippen LogP contribution in [-0.2, 0) is 0 Å². The molecule has 0 radical (unpaired) electrons. The summed E-state index contributed by atoms with van der Waals surface area (Å²) in [5.74, 6) is 0. The molecule has 16 heavy (non-hydrogen) atoms. The standard InChI is InChI=1S/15Mg.H2O.30H/h;;;;;;;;;;;;;;;1H2;;;;;;;;;;;;;;;;;;;;;;;;;;;;;;. The Bertz CT molecular complexity index is 5.40. The van der Waals surface area contributed by atoms with Gasteiger partial charge in [-0.15, -0.1) is 0 Å². The first-order valence-electron chi connectivity index (χ1n) is 0. The highest BCUT2D eigenvalue weighted by Crippen LogP contribution is -0.289. The Balaban J connectivity index is 0. The maximum Gasteiger partial charge on any atom is 0.316 e. The summed E-state index contributed by atoms with van der Waals surface area (Å²) in [5, 5.41) is 0. The first kappa shape index (κ1) is 146. The second-order valence-electron chi connectivity index (χ2n) is 0. The van der Waals surface area contributed by atoms with Crippen molar-refractivity contribution in [1.82, 2.24) is 0 Å². The van der Waals surface area contributed by atoms with E-state index in [4.69, 9.17) is 0 Å². The molecule has 0 bridgehead atoms. The molecule has 0 aromatic heterocycles. The summed E-state index contributed by atoms with van der Waals surface area (Å²) in [7, 11) is 0. The Morgan fingerprint density at radius 2 is 0.125 bits per heavy atom. The molecule has 0 saturated carbocycles. The number of hydrogen-bond donors (Lipinski definition) is 0. The summed E-state index contributed by atoms with van der Waals surface area (Å²) < 4.78 is 0. The van der Waals surface area contributed by atoms with Crippen molar-refractivity contribution in [2.75, 3.05) is 0 Å². The lowest BCUT2D eigenvalue weighted by Gasteiger charge is -0.412. The van der Waals surface area contributed by atoms with Crippen LogP contribution in [0.2, 0.25) is 0 Å². The first-order chi connectivity index (χ1) is 0. The molecule has 0 spiro atoms. The number of rotatable bonds is 0. The molecule has 0 aliphatic heterocycles. The van der Waals surface area contributed by atoms with Crippen molar-refractivity contribution < 1.29 is 5.48 Å². The molecule has 16 heteroatoms. The van der Waals surface area contributed by atoms with Crippen LogP contribution in [0.3, 0.4) is 0 Å². The molecule has 0 atom stereocenters. The third-order valence-corrected chi connectivity index (χ3v) is 0. The lowest BCUT2D eigenvalue weighted by molar-refractivity contribution is 0.824. The highest BCUT2D eigenvalue weighted by molar-refractivity contribution is 5.77. The topological polar surface area (TPSA) is 31.5 Å². The van der Waals surface area contributed by atoms with Crippen LogP contribution in [0.4, 0.5) is 0 Å². The fraction of sp³-hybridized carbons (Fsp3) is 0. The Hall–Kier alpha value is 11.5. The van der Waals surface area contributed by atoms with Crippen molar-refractivity contribution in [1.29, 1.82) is 0 Å². The van der Waals surface area contributed by atoms with Gasteiger partial charge in [0.15, 0.2) is 0 Å². The lowest BCUT2D eigenvalue weighted by atomic mass is 16.0. The third kappa shape index (κ3) is 116. The van der Waals surface area contributed by atoms with E-state index in [1.807, 2.05) is 0 Å². The third-order valence-electron chi connectivity index (χ3n) is 0. The largest absolute Gasteiger partial charge is 0.412 e. The van der Waals surface area contributed by atoms with E-state index in [1.165, 1.54) is 0 Å². The quantitative estimate of drug-likeness (QED) is 0.354. The molecular formula is H32Mg15O. The summed E-state index contributed by atoms with van der Waals surface area (Å²) in [4.78, 5) is 0. The van der Waals surface area contributed by atoms with Crippen LogP contribution in [0, 0.1) is 0 Å². The zero-order chi connectivity index (χ0) is 0. The fourth-order valence-corrected chi connectivity index (χ4v) is 0. The van der Waals surface area contributed by atoms with E-state index in [0.717, 1.165) is 0 Å². The van der Waals surface area contributed by atoms with Crippen LogP contribution in [0.15, 0.2) is 0 Å². The monoisotopic (exact) mass is 408 g/mol. The van der Waals surface area contributed by atoms with Gasteiger partial charge in [0.1, 0.15) is 0 Å². The van der Waals surface area contributed by atoms with E-state index in [0.29, 0.717) is 0 Å². The van der Waals surface area contributed by atoms with Crippen LogP contribution in [0.5, 0.6) is 0 Å². The van der Waals surface area contributed by atoms with Crippen molar-refractivity contribution in [3.05, 3.63) is 0 Å². The van der Waals surface area contributed by atoms with Gasteiger partial charge in [-0.1, -0.05) is 0 Å². The maximum atomic E-state index is 0. The predicted molar refractivity (Wildman–Crippen MR) is 132 cm³/mol. The van der Waals surface area contributed by atoms with Crippen molar-refractivity contribution >= 4 is 346 Å². The van der Waals surface area contributed by atoms with Gasteiger partial charge in [0.2, 0.25) is 0 Å². The molecule has 68 valence electrons. The average molecular weight is 413 g/mol. The molecule has 0 aliphatic rings. The molecule has 0 aliphatic carbocycles. The van der Waals surface area contributed by atoms with Crippen molar-refractivity contribution in [3.63, 3.8) is 0 Å². The minimum Gasteiger partial charge on any atom is -0.412 e. The fourth-order valence-electron chi connectivity index (χ4n) is 0. The first-order valence-corrected chi connectivity index (χ1v) is 0. The van der Waals surface area contributed by atoms with Gasteiger partial charge in [-0.05, 0) is 0 Å². The van der Waals surface area contributed by atoms with Gasteiger partial charge in [0.25, 0.3) is 0 Å². The van der Waals surface area contributed by atoms with Gasteiger partial charge in [-0.3, -0.25) is 0 Å². The summed E-state index contributed by atoms with van der Waals surface area (Å²) in [5.41, 5.74) is 0. The van der Waals surface area contributed by atoms with Crippen LogP contribution >= 0.6 is 0 Å². The summed E-state index contributed by atoms with van der Waals surface area (Å²) in [6, 6.07) is 0. The Morgan fingerprint density at radius 3 is 0.125 bits per heavy atom. The predicted octanol–water partition coefficient (Wildman–Crippen LogP) is -14.6. The van der Waals surface area contributed by atoms with E-state index >= 15 is 0 Å². The van der Waals surface area contributed by atoms with Crippen molar-refractivity contribution in [2.24, 2.45) is 0 Å². The Labute approximate surface area is 341 Å². The molecule has 0 amide bonds. The minimum absolute atomic E-state index is 0. The van der Waals surface area contributed by atoms with Crippen LogP contribution in [-0.4, -0.2) is 351 Å². The lowest BCUT2D eigenvalue weighted by Crippen LogP contribution is -0.382. The second kappa shape index (κ2) is 131. The van der Waals surface area contributed by atoms with Crippen LogP contribution in [0.1, 0.15) is 0 Å². The molecule has 0 rings (SSSR count). The van der Waals surface area contributed by atoms with Crippen molar-refractivity contribution in [3.8, 4) is 0 Å². The molecule has 2 N–H and O–H groups in total. The van der Waals surface area contributed by atoms with Gasteiger partial charge >= 0.3 is 346 Å². The molecule has 0 saturated heterocycles. The van der Waals surface area contributed by atoms with Gasteiger partial charge < -0.3 is 5.48 Å². The second-order valence-corrected chi connectivity index (χ2v) is 0. The van der Waals surface area contributed by atoms with Crippen molar-refractivity contribution in [2.45, 2.75) is 0 Å². The van der Waals surface area contributed by atoms with E-state index in [1.54, 1.807) is 0 Å². The Morgan fingerprint density at radius 1 is 0.125 bits per heavy atom. The highest BCUT2D eigenvalue weighted by atomic mass is 24.3. The normalized spacial score (nSPS) is 0. The zero-order valence-corrected chi connectivity index (χ0v) is 0.500. The molecule has 0 heterocycles. The average Bonchev–Trinajstić information content (AvgIpc) is 0. The summed E-state index contributed by atoms with van der Waals surface area (Å²) >= 11 is 0. The van der Waals surface area contributed by atoms with E-state index in [2.05, 4.69) is 0 Å². The van der Waals surface area contributed by atoms with Gasteiger partial charge in [0, 0.05) is 0 Å². The maximum absolute atomic E-state index is 0. The highest BCUT2D eigenvalue weighted by Gasteiger charge is 0.330. The van der Waals surface area contributed by atoms with E-state index in [-0.39, 0.29) is 351 Å². The van der Waals surface area contributed by atoms with E-state index in [9.17, 15) is 0 Å². The van der Waals surface area contributed by atoms with Crippen LogP contribution < -0.4 is 0 Å². The number of hydrogen-bond acceptors (Lipinski definition) is 0. The molecule has 0 fully saturated rings. The van der Waals surface area contributed by atoms with Gasteiger partial charge in [-0.25, -0.2) is 0 Å². The Kier molecular flexibility index (Phi) is 1200. The van der Waals surface area contributed by atoms with Crippen LogP contribution in [0.25, 0.3) is 0 Å². The summed E-state index contributed by atoms with van der Waals surface area (Å²) in [6.07, 6.45) is 0. The minimum atomic E-state index is 0. The van der Waals surface area contributed by atoms with E-state index < -0.39 is 0 Å². The molecule has 0 aromatic rings. The summed E-state index contributed by atoms with van der Waals surface area (Å²) in [6.45, 7) is 0. The molecule has 0 aromatic carbocycles. The smallest absolute Gasteiger partial charge is 0.316 e. The SMILES string of the molecule is O.[MgH2].[MgH2].[MgH2].[MgH2].[MgH2].[MgH2].[MgH2].[MgH2].[MgH2].[MgH2].[MgH2].[MgH2].[MgH2].[MgH2].[MgH2]. The van der Waals surface area contributed by atoms with Gasteiger partial charge in [0.05, 0.1) is 0 Å².